The lowest BCUT2D eigenvalue weighted by atomic mass is 10.2. The van der Waals surface area contributed by atoms with Crippen LogP contribution in [-0.4, -0.2) is 16.2 Å². The average Bonchev–Trinajstić information content (AvgIpc) is 2.62. The highest BCUT2D eigenvalue weighted by atomic mass is 32.2. The molecule has 5 heteroatoms. The van der Waals surface area contributed by atoms with Gasteiger partial charge in [-0.15, -0.1) is 11.8 Å². The van der Waals surface area contributed by atoms with Gasteiger partial charge in [0.2, 0.25) is 0 Å². The first-order chi connectivity index (χ1) is 6.72. The van der Waals surface area contributed by atoms with Gasteiger partial charge in [-0.2, -0.15) is 0 Å². The summed E-state index contributed by atoms with van der Waals surface area (Å²) in [5.41, 5.74) is 1.44. The molecule has 0 aliphatic carbocycles. The maximum Gasteiger partial charge on any atom is 0.265 e. The fourth-order valence-electron chi connectivity index (χ4n) is 1.33. The lowest BCUT2D eigenvalue weighted by molar-refractivity contribution is 0.148. The Balaban J connectivity index is 2.66. The zero-order chi connectivity index (χ0) is 10.1. The Morgan fingerprint density at radius 3 is 2.86 bits per heavy atom. The van der Waals surface area contributed by atoms with Crippen molar-refractivity contribution in [1.82, 2.24) is 9.97 Å². The fourth-order valence-corrected chi connectivity index (χ4v) is 1.94. The van der Waals surface area contributed by atoms with E-state index in [9.17, 15) is 8.78 Å². The van der Waals surface area contributed by atoms with Gasteiger partial charge < -0.3 is 4.98 Å². The third-order valence-corrected chi connectivity index (χ3v) is 2.80. The van der Waals surface area contributed by atoms with Crippen LogP contribution in [0.1, 0.15) is 12.0 Å². The topological polar surface area (TPSA) is 28.7 Å². The van der Waals surface area contributed by atoms with Gasteiger partial charge in [0.25, 0.3) is 6.43 Å². The van der Waals surface area contributed by atoms with Gasteiger partial charge in [0.1, 0.15) is 0 Å². The Hall–Kier alpha value is -1.10. The Bertz CT molecular complexity index is 453. The summed E-state index contributed by atoms with van der Waals surface area (Å²) < 4.78 is 25.2. The first-order valence-electron chi connectivity index (χ1n) is 4.01. The highest BCUT2D eigenvalue weighted by molar-refractivity contribution is 7.98. The maximum atomic E-state index is 12.6. The van der Waals surface area contributed by atoms with Gasteiger partial charge in [-0.1, -0.05) is 0 Å². The van der Waals surface area contributed by atoms with Crippen molar-refractivity contribution in [1.29, 1.82) is 0 Å². The third kappa shape index (κ3) is 1.48. The molecule has 1 aromatic carbocycles. The molecule has 0 radical (unpaired) electrons. The number of nitrogens with zero attached hydrogens (tertiary/aromatic N) is 1. The van der Waals surface area contributed by atoms with Crippen LogP contribution in [0.25, 0.3) is 11.0 Å². The van der Waals surface area contributed by atoms with Gasteiger partial charge in [0.15, 0.2) is 0 Å². The van der Waals surface area contributed by atoms with E-state index in [1.165, 1.54) is 24.2 Å². The van der Waals surface area contributed by atoms with Crippen LogP contribution in [0.4, 0.5) is 8.78 Å². The summed E-state index contributed by atoms with van der Waals surface area (Å²) in [6.07, 6.45) is 0.842. The number of halogens is 2. The number of nitrogens with one attached hydrogen (secondary N) is 1. The molecule has 0 saturated carbocycles. The van der Waals surface area contributed by atoms with Crippen LogP contribution in [-0.2, 0) is 0 Å². The zero-order valence-corrected chi connectivity index (χ0v) is 8.24. The quantitative estimate of drug-likeness (QED) is 0.777. The van der Waals surface area contributed by atoms with Crippen LogP contribution in [0, 0.1) is 0 Å². The monoisotopic (exact) mass is 214 g/mol. The molecule has 0 spiro atoms. The van der Waals surface area contributed by atoms with E-state index in [-0.39, 0.29) is 5.56 Å². The molecule has 0 aliphatic heterocycles. The molecule has 0 unspecified atom stereocenters. The number of aromatic nitrogens is 2. The minimum Gasteiger partial charge on any atom is -0.345 e. The van der Waals surface area contributed by atoms with Crippen molar-refractivity contribution in [3.63, 3.8) is 0 Å². The molecular weight excluding hydrogens is 206 g/mol. The highest BCUT2D eigenvalue weighted by Crippen LogP contribution is 2.31. The van der Waals surface area contributed by atoms with Crippen LogP contribution in [0.5, 0.6) is 0 Å². The van der Waals surface area contributed by atoms with Crippen molar-refractivity contribution in [3.8, 4) is 0 Å². The lowest BCUT2D eigenvalue weighted by Gasteiger charge is -2.05. The van der Waals surface area contributed by atoms with Gasteiger partial charge >= 0.3 is 0 Å². The maximum absolute atomic E-state index is 12.6. The van der Waals surface area contributed by atoms with Crippen molar-refractivity contribution in [3.05, 3.63) is 24.0 Å². The highest BCUT2D eigenvalue weighted by Gasteiger charge is 2.14. The molecule has 0 fully saturated rings. The summed E-state index contributed by atoms with van der Waals surface area (Å²) in [7, 11) is 0. The van der Waals surface area contributed by atoms with E-state index in [1.807, 2.05) is 0 Å². The molecule has 2 rings (SSSR count). The van der Waals surface area contributed by atoms with E-state index in [4.69, 9.17) is 0 Å². The molecule has 0 atom stereocenters. The number of H-pyrrole nitrogens is 1. The number of hydrogen-bond donors (Lipinski definition) is 1. The van der Waals surface area contributed by atoms with E-state index in [1.54, 1.807) is 12.3 Å². The molecule has 0 amide bonds. The van der Waals surface area contributed by atoms with Crippen molar-refractivity contribution in [2.75, 3.05) is 6.26 Å². The number of aromatic amines is 1. The molecule has 2 aromatic rings. The second kappa shape index (κ2) is 3.57. The summed E-state index contributed by atoms with van der Waals surface area (Å²) in [4.78, 5) is 7.41. The van der Waals surface area contributed by atoms with Crippen molar-refractivity contribution >= 4 is 22.8 Å². The van der Waals surface area contributed by atoms with E-state index in [0.717, 1.165) is 5.52 Å². The lowest BCUT2D eigenvalue weighted by Crippen LogP contribution is -1.88. The standard InChI is InChI=1S/C9H8F2N2S/c1-14-8-3-7-6(12-4-13-7)2-5(8)9(10)11/h2-4,9H,1H3,(H,12,13). The van der Waals surface area contributed by atoms with Gasteiger partial charge in [-0.3, -0.25) is 0 Å². The number of alkyl halides is 2. The fraction of sp³-hybridized carbons (Fsp3) is 0.222. The van der Waals surface area contributed by atoms with Gasteiger partial charge in [0.05, 0.1) is 17.4 Å². The van der Waals surface area contributed by atoms with Gasteiger partial charge in [-0.25, -0.2) is 13.8 Å². The molecular formula is C9H8F2N2S. The molecule has 1 heterocycles. The van der Waals surface area contributed by atoms with E-state index >= 15 is 0 Å². The molecule has 0 aliphatic rings. The first kappa shape index (κ1) is 9.45. The third-order valence-electron chi connectivity index (χ3n) is 2.01. The largest absolute Gasteiger partial charge is 0.345 e. The molecule has 0 saturated heterocycles. The normalized spacial score (nSPS) is 11.4. The Kier molecular flexibility index (Phi) is 2.41. The zero-order valence-electron chi connectivity index (χ0n) is 7.42. The van der Waals surface area contributed by atoms with Crippen LogP contribution >= 0.6 is 11.8 Å². The minimum atomic E-state index is -2.44. The Morgan fingerprint density at radius 1 is 1.43 bits per heavy atom. The summed E-state index contributed by atoms with van der Waals surface area (Å²) in [5, 5.41) is 0. The predicted molar refractivity (Wildman–Crippen MR) is 52.8 cm³/mol. The Labute approximate surface area is 83.7 Å². The number of hydrogen-bond acceptors (Lipinski definition) is 2. The number of imidazole rings is 1. The van der Waals surface area contributed by atoms with Crippen LogP contribution in [0.15, 0.2) is 23.4 Å². The van der Waals surface area contributed by atoms with Crippen LogP contribution in [0.3, 0.4) is 0 Å². The average molecular weight is 214 g/mol. The predicted octanol–water partition coefficient (Wildman–Crippen LogP) is 3.22. The van der Waals surface area contributed by atoms with Gasteiger partial charge in [-0.05, 0) is 18.4 Å². The molecule has 74 valence electrons. The molecule has 14 heavy (non-hydrogen) atoms. The number of benzene rings is 1. The molecule has 2 nitrogen and oxygen atoms in total. The van der Waals surface area contributed by atoms with Crippen molar-refractivity contribution in [2.24, 2.45) is 0 Å². The summed E-state index contributed by atoms with van der Waals surface area (Å²) in [6.45, 7) is 0. The number of fused-ring (bicyclic) bond motifs is 1. The summed E-state index contributed by atoms with van der Waals surface area (Å²) in [5.74, 6) is 0. The smallest absolute Gasteiger partial charge is 0.265 e. The van der Waals surface area contributed by atoms with E-state index < -0.39 is 6.43 Å². The van der Waals surface area contributed by atoms with Crippen LogP contribution in [0.2, 0.25) is 0 Å². The van der Waals surface area contributed by atoms with Crippen LogP contribution < -0.4 is 0 Å². The summed E-state index contributed by atoms with van der Waals surface area (Å²) in [6, 6.07) is 3.14. The molecule has 1 N–H and O–H groups in total. The van der Waals surface area contributed by atoms with Gasteiger partial charge in [0, 0.05) is 10.5 Å². The molecule has 0 bridgehead atoms. The SMILES string of the molecule is CSc1cc2nc[nH]c2cc1C(F)F. The number of thioether (sulfide) groups is 1. The number of rotatable bonds is 2. The summed E-state index contributed by atoms with van der Waals surface area (Å²) >= 11 is 1.31. The van der Waals surface area contributed by atoms with E-state index in [2.05, 4.69) is 9.97 Å². The second-order valence-electron chi connectivity index (χ2n) is 2.81. The van der Waals surface area contributed by atoms with E-state index in [0.29, 0.717) is 10.4 Å². The Morgan fingerprint density at radius 2 is 2.21 bits per heavy atom. The minimum absolute atomic E-state index is 0.0641. The molecule has 1 aromatic heterocycles. The first-order valence-corrected chi connectivity index (χ1v) is 5.24. The second-order valence-corrected chi connectivity index (χ2v) is 3.66. The van der Waals surface area contributed by atoms with Crippen molar-refractivity contribution < 1.29 is 8.78 Å². The van der Waals surface area contributed by atoms with Crippen molar-refractivity contribution in [2.45, 2.75) is 11.3 Å².